The lowest BCUT2D eigenvalue weighted by atomic mass is 9.90. The Morgan fingerprint density at radius 3 is 2.36 bits per heavy atom. The van der Waals surface area contributed by atoms with Crippen molar-refractivity contribution in [2.45, 2.75) is 65.6 Å². The average Bonchev–Trinajstić information content (AvgIpc) is 2.50. The summed E-state index contributed by atoms with van der Waals surface area (Å²) in [5.41, 5.74) is -0.528. The standard InChI is InChI=1S/C18H34N2O5/c1-13(2)12-24-17(23)20-10-7-14(8-11-20)15(21)6-9-19-16(22)25-18(3,4)5/h13-15,21H,6-12H2,1-5H3,(H,19,22). The van der Waals surface area contributed by atoms with Crippen molar-refractivity contribution in [1.82, 2.24) is 10.2 Å². The number of nitrogens with one attached hydrogen (secondary N) is 1. The number of piperidine rings is 1. The fraction of sp³-hybridized carbons (Fsp3) is 0.889. The number of carbonyl (C=O) groups is 2. The molecular formula is C18H34N2O5. The molecule has 2 amide bonds. The van der Waals surface area contributed by atoms with Crippen molar-refractivity contribution >= 4 is 12.2 Å². The van der Waals surface area contributed by atoms with Gasteiger partial charge < -0.3 is 24.8 Å². The second-order valence-corrected chi connectivity index (χ2v) is 8.08. The maximum absolute atomic E-state index is 11.9. The molecule has 1 saturated heterocycles. The van der Waals surface area contributed by atoms with Crippen molar-refractivity contribution < 1.29 is 24.2 Å². The minimum Gasteiger partial charge on any atom is -0.449 e. The van der Waals surface area contributed by atoms with Crippen LogP contribution < -0.4 is 5.32 Å². The summed E-state index contributed by atoms with van der Waals surface area (Å²) < 4.78 is 10.4. The van der Waals surface area contributed by atoms with Gasteiger partial charge in [-0.15, -0.1) is 0 Å². The molecule has 2 N–H and O–H groups in total. The molecule has 1 aliphatic heterocycles. The van der Waals surface area contributed by atoms with Crippen LogP contribution in [-0.2, 0) is 9.47 Å². The molecule has 7 nitrogen and oxygen atoms in total. The number of likely N-dealkylation sites (tertiary alicyclic amines) is 1. The molecule has 1 rings (SSSR count). The van der Waals surface area contributed by atoms with Crippen molar-refractivity contribution in [2.75, 3.05) is 26.2 Å². The van der Waals surface area contributed by atoms with Crippen molar-refractivity contribution in [3.8, 4) is 0 Å². The molecule has 0 aromatic carbocycles. The van der Waals surface area contributed by atoms with Gasteiger partial charge in [0.05, 0.1) is 12.7 Å². The molecule has 1 aliphatic rings. The van der Waals surface area contributed by atoms with Crippen LogP contribution in [0.25, 0.3) is 0 Å². The summed E-state index contributed by atoms with van der Waals surface area (Å²) in [7, 11) is 0. The molecule has 0 aromatic rings. The van der Waals surface area contributed by atoms with E-state index in [-0.39, 0.29) is 12.0 Å². The summed E-state index contributed by atoms with van der Waals surface area (Å²) in [6.07, 6.45) is 0.718. The molecule has 1 atom stereocenters. The van der Waals surface area contributed by atoms with Gasteiger partial charge in [0.2, 0.25) is 0 Å². The van der Waals surface area contributed by atoms with E-state index in [1.54, 1.807) is 25.7 Å². The van der Waals surface area contributed by atoms with E-state index in [1.807, 2.05) is 13.8 Å². The Kier molecular flexibility index (Phi) is 8.48. The normalized spacial score (nSPS) is 17.3. The van der Waals surface area contributed by atoms with Gasteiger partial charge >= 0.3 is 12.2 Å². The second-order valence-electron chi connectivity index (χ2n) is 8.08. The third kappa shape index (κ3) is 8.95. The Bertz CT molecular complexity index is 426. The first kappa shape index (κ1) is 21.5. The van der Waals surface area contributed by atoms with Crippen LogP contribution in [0, 0.1) is 11.8 Å². The van der Waals surface area contributed by atoms with Gasteiger partial charge in [-0.25, -0.2) is 9.59 Å². The minimum atomic E-state index is -0.528. The highest BCUT2D eigenvalue weighted by atomic mass is 16.6. The number of carbonyl (C=O) groups excluding carboxylic acids is 2. The largest absolute Gasteiger partial charge is 0.449 e. The van der Waals surface area contributed by atoms with Crippen molar-refractivity contribution in [3.63, 3.8) is 0 Å². The fourth-order valence-electron chi connectivity index (χ4n) is 2.67. The van der Waals surface area contributed by atoms with Crippen LogP contribution in [0.5, 0.6) is 0 Å². The lowest BCUT2D eigenvalue weighted by Crippen LogP contribution is -2.42. The van der Waals surface area contributed by atoms with Crippen LogP contribution in [0.3, 0.4) is 0 Å². The number of hydrogen-bond donors (Lipinski definition) is 2. The summed E-state index contributed by atoms with van der Waals surface area (Å²) in [6.45, 7) is 11.4. The molecule has 1 unspecified atom stereocenters. The van der Waals surface area contributed by atoms with E-state index < -0.39 is 17.8 Å². The molecule has 1 fully saturated rings. The van der Waals surface area contributed by atoms with Gasteiger partial charge in [-0.2, -0.15) is 0 Å². The average molecular weight is 358 g/mol. The van der Waals surface area contributed by atoms with Gasteiger partial charge in [-0.1, -0.05) is 13.8 Å². The molecular weight excluding hydrogens is 324 g/mol. The van der Waals surface area contributed by atoms with E-state index in [1.165, 1.54) is 0 Å². The summed E-state index contributed by atoms with van der Waals surface area (Å²) in [5.74, 6) is 0.454. The minimum absolute atomic E-state index is 0.134. The molecule has 0 bridgehead atoms. The monoisotopic (exact) mass is 358 g/mol. The van der Waals surface area contributed by atoms with Crippen LogP contribution in [0.2, 0.25) is 0 Å². The Hall–Kier alpha value is -1.50. The topological polar surface area (TPSA) is 88.1 Å². The zero-order valence-corrected chi connectivity index (χ0v) is 16.2. The summed E-state index contributed by atoms with van der Waals surface area (Å²) in [5, 5.41) is 13.0. The van der Waals surface area contributed by atoms with Gasteiger partial charge in [0.25, 0.3) is 0 Å². The van der Waals surface area contributed by atoms with Crippen LogP contribution in [0.4, 0.5) is 9.59 Å². The lowest BCUT2D eigenvalue weighted by Gasteiger charge is -2.33. The van der Waals surface area contributed by atoms with E-state index in [4.69, 9.17) is 9.47 Å². The number of rotatable bonds is 6. The van der Waals surface area contributed by atoms with Crippen molar-refractivity contribution in [1.29, 1.82) is 0 Å². The Balaban J connectivity index is 2.23. The summed E-state index contributed by atoms with van der Waals surface area (Å²) in [4.78, 5) is 25.2. The third-order valence-electron chi connectivity index (χ3n) is 3.99. The molecule has 25 heavy (non-hydrogen) atoms. The number of nitrogens with zero attached hydrogens (tertiary/aromatic N) is 1. The number of aliphatic hydroxyl groups excluding tert-OH is 1. The first-order valence-electron chi connectivity index (χ1n) is 9.15. The molecule has 0 radical (unpaired) electrons. The third-order valence-corrected chi connectivity index (χ3v) is 3.99. The molecule has 1 heterocycles. The first-order valence-corrected chi connectivity index (χ1v) is 9.15. The SMILES string of the molecule is CC(C)COC(=O)N1CCC(C(O)CCNC(=O)OC(C)(C)C)CC1. The highest BCUT2D eigenvalue weighted by molar-refractivity contribution is 5.68. The van der Waals surface area contributed by atoms with E-state index in [9.17, 15) is 14.7 Å². The first-order chi connectivity index (χ1) is 11.6. The van der Waals surface area contributed by atoms with E-state index in [0.717, 1.165) is 12.8 Å². The number of aliphatic hydroxyl groups is 1. The number of alkyl carbamates (subject to hydrolysis) is 1. The number of ether oxygens (including phenoxy) is 2. The van der Waals surface area contributed by atoms with Gasteiger partial charge in [-0.3, -0.25) is 0 Å². The predicted octanol–water partition coefficient (Wildman–Crippen LogP) is 2.77. The lowest BCUT2D eigenvalue weighted by molar-refractivity contribution is 0.0373. The number of hydrogen-bond acceptors (Lipinski definition) is 5. The van der Waals surface area contributed by atoms with E-state index in [0.29, 0.717) is 38.6 Å². The molecule has 0 aromatic heterocycles. The van der Waals surface area contributed by atoms with Crippen LogP contribution in [0.15, 0.2) is 0 Å². The van der Waals surface area contributed by atoms with Crippen molar-refractivity contribution in [3.05, 3.63) is 0 Å². The molecule has 0 saturated carbocycles. The van der Waals surface area contributed by atoms with Crippen LogP contribution in [-0.4, -0.2) is 60.1 Å². The quantitative estimate of drug-likeness (QED) is 0.762. The van der Waals surface area contributed by atoms with Gasteiger partial charge in [0.15, 0.2) is 0 Å². The highest BCUT2D eigenvalue weighted by Gasteiger charge is 2.28. The zero-order chi connectivity index (χ0) is 19.0. The number of amides is 2. The molecule has 146 valence electrons. The van der Waals surface area contributed by atoms with Gasteiger partial charge in [0, 0.05) is 19.6 Å². The van der Waals surface area contributed by atoms with Gasteiger partial charge in [-0.05, 0) is 51.9 Å². The highest BCUT2D eigenvalue weighted by Crippen LogP contribution is 2.23. The molecule has 0 aliphatic carbocycles. The van der Waals surface area contributed by atoms with E-state index >= 15 is 0 Å². The second kappa shape index (κ2) is 9.85. The van der Waals surface area contributed by atoms with Gasteiger partial charge in [0.1, 0.15) is 5.60 Å². The maximum atomic E-state index is 11.9. The van der Waals surface area contributed by atoms with E-state index in [2.05, 4.69) is 5.32 Å². The smallest absolute Gasteiger partial charge is 0.409 e. The maximum Gasteiger partial charge on any atom is 0.409 e. The summed E-state index contributed by atoms with van der Waals surface area (Å²) in [6, 6.07) is 0. The van der Waals surface area contributed by atoms with Crippen LogP contribution >= 0.6 is 0 Å². The Morgan fingerprint density at radius 2 is 1.84 bits per heavy atom. The Labute approximate surface area is 151 Å². The fourth-order valence-corrected chi connectivity index (χ4v) is 2.67. The van der Waals surface area contributed by atoms with Crippen molar-refractivity contribution in [2.24, 2.45) is 11.8 Å². The Morgan fingerprint density at radius 1 is 1.24 bits per heavy atom. The zero-order valence-electron chi connectivity index (χ0n) is 16.2. The molecule has 7 heteroatoms. The molecule has 0 spiro atoms. The summed E-state index contributed by atoms with van der Waals surface area (Å²) >= 11 is 0. The van der Waals surface area contributed by atoms with Crippen LogP contribution in [0.1, 0.15) is 53.9 Å². The predicted molar refractivity (Wildman–Crippen MR) is 95.3 cm³/mol.